The van der Waals surface area contributed by atoms with Gasteiger partial charge in [0.05, 0.1) is 6.54 Å². The van der Waals surface area contributed by atoms with E-state index in [0.717, 1.165) is 38.0 Å². The van der Waals surface area contributed by atoms with Crippen LogP contribution in [0.25, 0.3) is 0 Å². The molecule has 130 valence electrons. The Hall–Kier alpha value is -0.220. The van der Waals surface area contributed by atoms with Crippen molar-refractivity contribution in [1.29, 1.82) is 0 Å². The number of rotatable bonds is 5. The van der Waals surface area contributed by atoms with Crippen molar-refractivity contribution in [2.45, 2.75) is 52.9 Å². The molecule has 0 aromatic rings. The number of likely N-dealkylation sites (tertiary alicyclic amines) is 2. The summed E-state index contributed by atoms with van der Waals surface area (Å²) >= 11 is 0. The van der Waals surface area contributed by atoms with E-state index in [4.69, 9.17) is 0 Å². The van der Waals surface area contributed by atoms with Crippen LogP contribution in [0.4, 0.5) is 8.78 Å². The van der Waals surface area contributed by atoms with Crippen LogP contribution >= 0.6 is 0 Å². The topological polar surface area (TPSA) is 6.48 Å². The fraction of sp³-hybridized carbons (Fsp3) is 1.00. The second kappa shape index (κ2) is 7.57. The Morgan fingerprint density at radius 3 is 2.05 bits per heavy atom. The summed E-state index contributed by atoms with van der Waals surface area (Å²) in [5.41, 5.74) is 0. The zero-order chi connectivity index (χ0) is 16.3. The zero-order valence-electron chi connectivity index (χ0n) is 14.8. The standard InChI is InChI=1S/C18H34F2N2/c1-14(2)11-22-10-7-17(18(19,20)13-22)12-21-8-5-16(6-9-21)15(3)4/h14-17H,5-13H2,1-4H3/t17-/m0/s1. The summed E-state index contributed by atoms with van der Waals surface area (Å²) in [6, 6.07) is 0. The molecule has 0 aliphatic carbocycles. The van der Waals surface area contributed by atoms with Crippen molar-refractivity contribution in [3.63, 3.8) is 0 Å². The first-order valence-electron chi connectivity index (χ1n) is 9.10. The first-order chi connectivity index (χ1) is 10.3. The number of halogens is 2. The van der Waals surface area contributed by atoms with Crippen LogP contribution in [0.15, 0.2) is 0 Å². The van der Waals surface area contributed by atoms with Gasteiger partial charge in [-0.05, 0) is 56.7 Å². The van der Waals surface area contributed by atoms with Crippen LogP contribution in [-0.2, 0) is 0 Å². The summed E-state index contributed by atoms with van der Waals surface area (Å²) in [6.07, 6.45) is 2.99. The minimum atomic E-state index is -2.53. The van der Waals surface area contributed by atoms with E-state index in [1.807, 2.05) is 4.90 Å². The van der Waals surface area contributed by atoms with E-state index in [2.05, 4.69) is 32.6 Å². The first kappa shape index (κ1) is 18.1. The van der Waals surface area contributed by atoms with Crippen LogP contribution in [0, 0.1) is 23.7 Å². The molecule has 0 aromatic heterocycles. The van der Waals surface area contributed by atoms with Gasteiger partial charge in [0.2, 0.25) is 0 Å². The molecule has 0 amide bonds. The second-order valence-electron chi connectivity index (χ2n) is 8.26. The van der Waals surface area contributed by atoms with E-state index < -0.39 is 11.8 Å². The van der Waals surface area contributed by atoms with Gasteiger partial charge in [0.15, 0.2) is 0 Å². The number of hydrogen-bond acceptors (Lipinski definition) is 2. The molecule has 2 fully saturated rings. The van der Waals surface area contributed by atoms with Gasteiger partial charge in [0.25, 0.3) is 5.92 Å². The van der Waals surface area contributed by atoms with Crippen molar-refractivity contribution in [2.24, 2.45) is 23.7 Å². The molecule has 2 aliphatic rings. The monoisotopic (exact) mass is 316 g/mol. The van der Waals surface area contributed by atoms with Gasteiger partial charge in [-0.2, -0.15) is 0 Å². The smallest absolute Gasteiger partial charge is 0.264 e. The quantitative estimate of drug-likeness (QED) is 0.757. The fourth-order valence-electron chi connectivity index (χ4n) is 4.07. The van der Waals surface area contributed by atoms with Gasteiger partial charge in [-0.1, -0.05) is 27.7 Å². The molecule has 0 radical (unpaired) electrons. The molecule has 2 rings (SSSR count). The van der Waals surface area contributed by atoms with E-state index in [9.17, 15) is 8.78 Å². The summed E-state index contributed by atoms with van der Waals surface area (Å²) in [5, 5.41) is 0. The lowest BCUT2D eigenvalue weighted by atomic mass is 9.85. The van der Waals surface area contributed by atoms with E-state index in [-0.39, 0.29) is 6.54 Å². The maximum Gasteiger partial charge on any atom is 0.264 e. The molecule has 0 aromatic carbocycles. The molecule has 2 aliphatic heterocycles. The molecule has 1 atom stereocenters. The molecule has 2 nitrogen and oxygen atoms in total. The summed E-state index contributed by atoms with van der Waals surface area (Å²) in [5.74, 6) is -1.01. The first-order valence-corrected chi connectivity index (χ1v) is 9.10. The molecule has 2 saturated heterocycles. The summed E-state index contributed by atoms with van der Waals surface area (Å²) in [6.45, 7) is 12.9. The molecule has 0 N–H and O–H groups in total. The van der Waals surface area contributed by atoms with Crippen LogP contribution in [0.5, 0.6) is 0 Å². The van der Waals surface area contributed by atoms with Crippen molar-refractivity contribution < 1.29 is 8.78 Å². The highest BCUT2D eigenvalue weighted by molar-refractivity contribution is 4.89. The summed E-state index contributed by atoms with van der Waals surface area (Å²) in [7, 11) is 0. The van der Waals surface area contributed by atoms with Crippen molar-refractivity contribution >= 4 is 0 Å². The highest BCUT2D eigenvalue weighted by Crippen LogP contribution is 2.35. The molecular weight excluding hydrogens is 282 g/mol. The third-order valence-corrected chi connectivity index (χ3v) is 5.50. The van der Waals surface area contributed by atoms with Crippen molar-refractivity contribution in [1.82, 2.24) is 9.80 Å². The van der Waals surface area contributed by atoms with Gasteiger partial charge >= 0.3 is 0 Å². The van der Waals surface area contributed by atoms with E-state index in [1.165, 1.54) is 12.8 Å². The molecule has 0 bridgehead atoms. The van der Waals surface area contributed by atoms with Crippen LogP contribution in [0.2, 0.25) is 0 Å². The number of alkyl halides is 2. The predicted octanol–water partition coefficient (Wildman–Crippen LogP) is 3.97. The van der Waals surface area contributed by atoms with Gasteiger partial charge in [0.1, 0.15) is 0 Å². The normalized spacial score (nSPS) is 28.6. The average molecular weight is 316 g/mol. The minimum absolute atomic E-state index is 0.0433. The summed E-state index contributed by atoms with van der Waals surface area (Å²) in [4.78, 5) is 4.24. The number of hydrogen-bond donors (Lipinski definition) is 0. The molecule has 4 heteroatoms. The van der Waals surface area contributed by atoms with Gasteiger partial charge in [-0.25, -0.2) is 8.78 Å². The maximum absolute atomic E-state index is 14.5. The van der Waals surface area contributed by atoms with Crippen molar-refractivity contribution in [3.05, 3.63) is 0 Å². The lowest BCUT2D eigenvalue weighted by Crippen LogP contribution is -2.53. The van der Waals surface area contributed by atoms with Gasteiger partial charge < -0.3 is 4.90 Å². The Bertz CT molecular complexity index is 336. The van der Waals surface area contributed by atoms with E-state index >= 15 is 0 Å². The molecule has 2 heterocycles. The Labute approximate surface area is 135 Å². The largest absolute Gasteiger partial charge is 0.303 e. The molecule has 0 spiro atoms. The SMILES string of the molecule is CC(C)CN1CC[C@@H](CN2CCC(C(C)C)CC2)C(F)(F)C1. The van der Waals surface area contributed by atoms with Crippen LogP contribution in [-0.4, -0.2) is 55.0 Å². The Kier molecular flexibility index (Phi) is 6.23. The second-order valence-corrected chi connectivity index (χ2v) is 8.26. The average Bonchev–Trinajstić information content (AvgIpc) is 2.41. The molecule has 0 unspecified atom stereocenters. The minimum Gasteiger partial charge on any atom is -0.303 e. The highest BCUT2D eigenvalue weighted by Gasteiger charge is 2.45. The predicted molar refractivity (Wildman–Crippen MR) is 88.3 cm³/mol. The van der Waals surface area contributed by atoms with Crippen LogP contribution in [0.1, 0.15) is 47.0 Å². The third-order valence-electron chi connectivity index (χ3n) is 5.50. The molecular formula is C18H34F2N2. The maximum atomic E-state index is 14.5. The van der Waals surface area contributed by atoms with Crippen molar-refractivity contribution in [2.75, 3.05) is 39.3 Å². The van der Waals surface area contributed by atoms with Crippen LogP contribution < -0.4 is 0 Å². The Morgan fingerprint density at radius 2 is 1.55 bits per heavy atom. The van der Waals surface area contributed by atoms with E-state index in [0.29, 0.717) is 18.9 Å². The zero-order valence-corrected chi connectivity index (χ0v) is 14.8. The van der Waals surface area contributed by atoms with Gasteiger partial charge in [-0.3, -0.25) is 4.90 Å². The summed E-state index contributed by atoms with van der Waals surface area (Å²) < 4.78 is 28.9. The Balaban J connectivity index is 1.81. The lowest BCUT2D eigenvalue weighted by Gasteiger charge is -2.42. The highest BCUT2D eigenvalue weighted by atomic mass is 19.3. The van der Waals surface area contributed by atoms with Gasteiger partial charge in [0, 0.05) is 19.0 Å². The Morgan fingerprint density at radius 1 is 0.955 bits per heavy atom. The van der Waals surface area contributed by atoms with Crippen LogP contribution in [0.3, 0.4) is 0 Å². The van der Waals surface area contributed by atoms with Gasteiger partial charge in [-0.15, -0.1) is 0 Å². The van der Waals surface area contributed by atoms with E-state index in [1.54, 1.807) is 0 Å². The lowest BCUT2D eigenvalue weighted by molar-refractivity contribution is -0.121. The number of piperidine rings is 2. The third kappa shape index (κ3) is 4.89. The van der Waals surface area contributed by atoms with Crippen molar-refractivity contribution in [3.8, 4) is 0 Å². The number of nitrogens with zero attached hydrogens (tertiary/aromatic N) is 2. The molecule has 22 heavy (non-hydrogen) atoms. The fourth-order valence-corrected chi connectivity index (χ4v) is 4.07. The molecule has 0 saturated carbocycles.